The Balaban J connectivity index is 1.29. The van der Waals surface area contributed by atoms with E-state index in [0.29, 0.717) is 13.2 Å². The summed E-state index contributed by atoms with van der Waals surface area (Å²) >= 11 is 12.7. The SMILES string of the molecule is NC(=S)Nc1cccc(OCCCCCOc2ccc(C3=CCC(Cl)S3)cc2)c1. The predicted molar refractivity (Wildman–Crippen MR) is 128 cm³/mol. The molecular weight excluding hydrogens is 424 g/mol. The number of hydrogen-bond acceptors (Lipinski definition) is 4. The molecule has 1 aliphatic heterocycles. The largest absolute Gasteiger partial charge is 0.494 e. The van der Waals surface area contributed by atoms with Gasteiger partial charge in [0.2, 0.25) is 0 Å². The molecule has 0 saturated carbocycles. The van der Waals surface area contributed by atoms with Gasteiger partial charge in [0.05, 0.1) is 17.9 Å². The summed E-state index contributed by atoms with van der Waals surface area (Å²) in [6.07, 6.45) is 6.13. The quantitative estimate of drug-likeness (QED) is 0.263. The van der Waals surface area contributed by atoms with Crippen LogP contribution in [0.1, 0.15) is 31.2 Å². The average Bonchev–Trinajstić information content (AvgIpc) is 3.14. The van der Waals surface area contributed by atoms with Crippen molar-refractivity contribution in [3.8, 4) is 11.5 Å². The lowest BCUT2D eigenvalue weighted by molar-refractivity contribution is 0.279. The predicted octanol–water partition coefficient (Wildman–Crippen LogP) is 6.01. The lowest BCUT2D eigenvalue weighted by Crippen LogP contribution is -2.18. The van der Waals surface area contributed by atoms with Crippen molar-refractivity contribution in [2.75, 3.05) is 18.5 Å². The Morgan fingerprint density at radius 1 is 1.07 bits per heavy atom. The Hall–Kier alpha value is -1.89. The van der Waals surface area contributed by atoms with E-state index in [1.807, 2.05) is 36.4 Å². The highest BCUT2D eigenvalue weighted by molar-refractivity contribution is 8.10. The number of alkyl halides is 1. The molecule has 1 heterocycles. The molecule has 0 saturated heterocycles. The summed E-state index contributed by atoms with van der Waals surface area (Å²) in [5.41, 5.74) is 7.52. The van der Waals surface area contributed by atoms with Gasteiger partial charge in [-0.3, -0.25) is 0 Å². The normalized spacial score (nSPS) is 15.6. The van der Waals surface area contributed by atoms with Crippen molar-refractivity contribution in [1.82, 2.24) is 0 Å². The van der Waals surface area contributed by atoms with E-state index in [4.69, 9.17) is 39.0 Å². The van der Waals surface area contributed by atoms with Gasteiger partial charge in [0.25, 0.3) is 0 Å². The molecule has 0 radical (unpaired) electrons. The number of thioether (sulfide) groups is 1. The minimum absolute atomic E-state index is 0.162. The number of ether oxygens (including phenoxy) is 2. The molecule has 0 fully saturated rings. The fourth-order valence-electron chi connectivity index (χ4n) is 2.90. The molecule has 0 aliphatic carbocycles. The van der Waals surface area contributed by atoms with Gasteiger partial charge in [-0.15, -0.1) is 23.4 Å². The van der Waals surface area contributed by atoms with Crippen molar-refractivity contribution in [2.24, 2.45) is 5.73 Å². The van der Waals surface area contributed by atoms with Crippen LogP contribution in [0.2, 0.25) is 0 Å². The van der Waals surface area contributed by atoms with Gasteiger partial charge < -0.3 is 20.5 Å². The zero-order valence-corrected chi connectivity index (χ0v) is 18.5. The zero-order valence-electron chi connectivity index (χ0n) is 16.1. The van der Waals surface area contributed by atoms with Crippen molar-refractivity contribution in [2.45, 2.75) is 30.4 Å². The summed E-state index contributed by atoms with van der Waals surface area (Å²) in [7, 11) is 0. The first-order chi connectivity index (χ1) is 14.1. The van der Waals surface area contributed by atoms with Gasteiger partial charge in [0.15, 0.2) is 5.11 Å². The standard InChI is InChI=1S/C22H25ClN2O2S2/c23-21-12-11-20(29-21)16-7-9-18(10-8-16)26-13-2-1-3-14-27-19-6-4-5-17(15-19)25-22(24)28/h4-11,15,21H,1-3,12-14H2,(H3,24,25,28). The number of nitrogens with two attached hydrogens (primary N) is 1. The second-order valence-corrected chi connectivity index (χ2v) is 9.10. The van der Waals surface area contributed by atoms with E-state index in [1.54, 1.807) is 11.8 Å². The van der Waals surface area contributed by atoms with Gasteiger partial charge in [-0.1, -0.05) is 24.3 Å². The van der Waals surface area contributed by atoms with E-state index in [0.717, 1.165) is 42.9 Å². The third-order valence-electron chi connectivity index (χ3n) is 4.31. The molecule has 154 valence electrons. The number of rotatable bonds is 10. The number of nitrogens with one attached hydrogen (secondary N) is 1. The highest BCUT2D eigenvalue weighted by atomic mass is 35.5. The molecule has 2 aromatic carbocycles. The molecule has 29 heavy (non-hydrogen) atoms. The zero-order chi connectivity index (χ0) is 20.5. The summed E-state index contributed by atoms with van der Waals surface area (Å²) in [5, 5.41) is 3.15. The second-order valence-electron chi connectivity index (χ2n) is 6.63. The number of hydrogen-bond donors (Lipinski definition) is 2. The maximum Gasteiger partial charge on any atom is 0.168 e. The molecule has 0 bridgehead atoms. The van der Waals surface area contributed by atoms with Crippen LogP contribution in [0.3, 0.4) is 0 Å². The number of halogens is 1. The number of benzene rings is 2. The van der Waals surface area contributed by atoms with Gasteiger partial charge in [0.1, 0.15) is 11.5 Å². The second kappa shape index (κ2) is 11.3. The first kappa shape index (κ1) is 21.8. The van der Waals surface area contributed by atoms with Crippen LogP contribution >= 0.6 is 35.6 Å². The van der Waals surface area contributed by atoms with Crippen molar-refractivity contribution in [3.05, 3.63) is 60.2 Å². The summed E-state index contributed by atoms with van der Waals surface area (Å²) in [6.45, 7) is 1.37. The van der Waals surface area contributed by atoms with Crippen LogP contribution in [-0.4, -0.2) is 23.0 Å². The lowest BCUT2D eigenvalue weighted by atomic mass is 10.2. The third-order valence-corrected chi connectivity index (χ3v) is 5.96. The average molecular weight is 449 g/mol. The number of unbranched alkanes of at least 4 members (excludes halogenated alkanes) is 2. The fourth-order valence-corrected chi connectivity index (χ4v) is 4.33. The maximum atomic E-state index is 6.13. The van der Waals surface area contributed by atoms with E-state index < -0.39 is 0 Å². The van der Waals surface area contributed by atoms with Crippen LogP contribution in [-0.2, 0) is 0 Å². The smallest absolute Gasteiger partial charge is 0.168 e. The molecular formula is C22H25ClN2O2S2. The number of thiocarbonyl (C=S) groups is 1. The van der Waals surface area contributed by atoms with Gasteiger partial charge in [-0.25, -0.2) is 0 Å². The van der Waals surface area contributed by atoms with Crippen molar-refractivity contribution >= 4 is 51.3 Å². The topological polar surface area (TPSA) is 56.5 Å². The Kier molecular flexibility index (Phi) is 8.52. The summed E-state index contributed by atoms with van der Waals surface area (Å²) < 4.78 is 11.8. The Labute approximate surface area is 186 Å². The van der Waals surface area contributed by atoms with E-state index in [1.165, 1.54) is 10.5 Å². The van der Waals surface area contributed by atoms with E-state index >= 15 is 0 Å². The van der Waals surface area contributed by atoms with E-state index in [-0.39, 0.29) is 9.82 Å². The van der Waals surface area contributed by atoms with Gasteiger partial charge in [0, 0.05) is 16.7 Å². The fraction of sp³-hybridized carbons (Fsp3) is 0.318. The molecule has 1 atom stereocenters. The first-order valence-corrected chi connectivity index (χ1v) is 11.4. The van der Waals surface area contributed by atoms with Crippen LogP contribution in [0.5, 0.6) is 11.5 Å². The van der Waals surface area contributed by atoms with Crippen LogP contribution in [0.25, 0.3) is 4.91 Å². The third kappa shape index (κ3) is 7.46. The maximum absolute atomic E-state index is 6.13. The molecule has 0 aromatic heterocycles. The van der Waals surface area contributed by atoms with E-state index in [9.17, 15) is 0 Å². The highest BCUT2D eigenvalue weighted by Gasteiger charge is 2.16. The molecule has 4 nitrogen and oxygen atoms in total. The molecule has 7 heteroatoms. The molecule has 3 N–H and O–H groups in total. The number of anilines is 1. The van der Waals surface area contributed by atoms with E-state index in [2.05, 4.69) is 23.5 Å². The van der Waals surface area contributed by atoms with Crippen LogP contribution < -0.4 is 20.5 Å². The minimum Gasteiger partial charge on any atom is -0.494 e. The van der Waals surface area contributed by atoms with Crippen molar-refractivity contribution in [1.29, 1.82) is 0 Å². The summed E-state index contributed by atoms with van der Waals surface area (Å²) in [4.78, 5) is 1.25. The first-order valence-electron chi connectivity index (χ1n) is 9.63. The van der Waals surface area contributed by atoms with Crippen molar-refractivity contribution < 1.29 is 9.47 Å². The van der Waals surface area contributed by atoms with Gasteiger partial charge in [-0.05, 0) is 67.7 Å². The Bertz CT molecular complexity index is 843. The van der Waals surface area contributed by atoms with Crippen LogP contribution in [0.15, 0.2) is 54.6 Å². The summed E-state index contributed by atoms with van der Waals surface area (Å²) in [6, 6.07) is 15.8. The monoisotopic (exact) mass is 448 g/mol. The van der Waals surface area contributed by atoms with Gasteiger partial charge >= 0.3 is 0 Å². The molecule has 2 aromatic rings. The molecule has 0 spiro atoms. The lowest BCUT2D eigenvalue weighted by Gasteiger charge is -2.10. The van der Waals surface area contributed by atoms with Gasteiger partial charge in [-0.2, -0.15) is 0 Å². The molecule has 3 rings (SSSR count). The highest BCUT2D eigenvalue weighted by Crippen LogP contribution is 2.41. The molecule has 0 amide bonds. The minimum atomic E-state index is 0.162. The Morgan fingerprint density at radius 2 is 1.79 bits per heavy atom. The Morgan fingerprint density at radius 3 is 2.45 bits per heavy atom. The summed E-state index contributed by atoms with van der Waals surface area (Å²) in [5.74, 6) is 1.71. The molecule has 1 unspecified atom stereocenters. The van der Waals surface area contributed by atoms with Crippen LogP contribution in [0, 0.1) is 0 Å². The molecule has 1 aliphatic rings. The number of allylic oxidation sites excluding steroid dienone is 1. The van der Waals surface area contributed by atoms with Crippen molar-refractivity contribution in [3.63, 3.8) is 0 Å². The van der Waals surface area contributed by atoms with Crippen LogP contribution in [0.4, 0.5) is 5.69 Å².